The SMILES string of the molecule is CNCC1CCCN(C2CC(C)(C)CC(C)(C)C2)C1. The van der Waals surface area contributed by atoms with Crippen LogP contribution in [0.25, 0.3) is 0 Å². The normalized spacial score (nSPS) is 32.4. The maximum absolute atomic E-state index is 3.37. The molecule has 1 atom stereocenters. The molecule has 1 N–H and O–H groups in total. The van der Waals surface area contributed by atoms with Crippen LogP contribution in [0.15, 0.2) is 0 Å². The topological polar surface area (TPSA) is 15.3 Å². The van der Waals surface area contributed by atoms with Gasteiger partial charge in [0, 0.05) is 12.6 Å². The lowest BCUT2D eigenvalue weighted by molar-refractivity contribution is 0.00626. The van der Waals surface area contributed by atoms with E-state index in [0.717, 1.165) is 12.0 Å². The number of piperidine rings is 1. The molecule has 1 saturated carbocycles. The third-order valence-corrected chi connectivity index (χ3v) is 5.09. The average molecular weight is 266 g/mol. The van der Waals surface area contributed by atoms with Gasteiger partial charge in [-0.15, -0.1) is 0 Å². The molecule has 2 rings (SSSR count). The van der Waals surface area contributed by atoms with Gasteiger partial charge in [0.15, 0.2) is 0 Å². The van der Waals surface area contributed by atoms with Crippen LogP contribution < -0.4 is 5.32 Å². The highest BCUT2D eigenvalue weighted by molar-refractivity contribution is 4.94. The Hall–Kier alpha value is -0.0800. The fraction of sp³-hybridized carbons (Fsp3) is 1.00. The lowest BCUT2D eigenvalue weighted by Crippen LogP contribution is -2.50. The van der Waals surface area contributed by atoms with E-state index in [1.165, 1.54) is 51.7 Å². The van der Waals surface area contributed by atoms with Crippen LogP contribution in [0.2, 0.25) is 0 Å². The molecule has 0 bridgehead atoms. The van der Waals surface area contributed by atoms with E-state index < -0.39 is 0 Å². The van der Waals surface area contributed by atoms with E-state index >= 15 is 0 Å². The molecule has 19 heavy (non-hydrogen) atoms. The van der Waals surface area contributed by atoms with Crippen LogP contribution in [-0.2, 0) is 0 Å². The van der Waals surface area contributed by atoms with Crippen LogP contribution in [0.3, 0.4) is 0 Å². The Morgan fingerprint density at radius 1 is 1.11 bits per heavy atom. The van der Waals surface area contributed by atoms with Gasteiger partial charge in [-0.1, -0.05) is 27.7 Å². The summed E-state index contributed by atoms with van der Waals surface area (Å²) in [7, 11) is 2.09. The summed E-state index contributed by atoms with van der Waals surface area (Å²) in [5, 5.41) is 3.37. The molecule has 0 radical (unpaired) electrons. The summed E-state index contributed by atoms with van der Waals surface area (Å²) in [4.78, 5) is 2.81. The van der Waals surface area contributed by atoms with Gasteiger partial charge in [-0.2, -0.15) is 0 Å². The summed E-state index contributed by atoms with van der Waals surface area (Å²) in [5.74, 6) is 0.868. The highest BCUT2D eigenvalue weighted by atomic mass is 15.2. The summed E-state index contributed by atoms with van der Waals surface area (Å²) >= 11 is 0. The number of likely N-dealkylation sites (tertiary alicyclic amines) is 1. The molecular weight excluding hydrogens is 232 g/mol. The average Bonchev–Trinajstić information content (AvgIpc) is 2.25. The molecule has 112 valence electrons. The lowest BCUT2D eigenvalue weighted by Gasteiger charge is -2.50. The molecule has 0 aromatic carbocycles. The van der Waals surface area contributed by atoms with Crippen LogP contribution >= 0.6 is 0 Å². The van der Waals surface area contributed by atoms with Gasteiger partial charge in [-0.25, -0.2) is 0 Å². The van der Waals surface area contributed by atoms with Crippen LogP contribution in [0, 0.1) is 16.7 Å². The first-order valence-corrected chi connectivity index (χ1v) is 8.20. The van der Waals surface area contributed by atoms with Crippen molar-refractivity contribution in [3.8, 4) is 0 Å². The Morgan fingerprint density at radius 3 is 2.32 bits per heavy atom. The van der Waals surface area contributed by atoms with E-state index in [4.69, 9.17) is 0 Å². The van der Waals surface area contributed by atoms with E-state index in [2.05, 4.69) is 45.0 Å². The quantitative estimate of drug-likeness (QED) is 0.841. The van der Waals surface area contributed by atoms with Crippen molar-refractivity contribution in [3.63, 3.8) is 0 Å². The van der Waals surface area contributed by atoms with Gasteiger partial charge in [-0.05, 0) is 69.0 Å². The van der Waals surface area contributed by atoms with E-state index in [9.17, 15) is 0 Å². The first kappa shape index (κ1) is 15.3. The molecule has 0 amide bonds. The first-order valence-electron chi connectivity index (χ1n) is 8.20. The Balaban J connectivity index is 2.00. The highest BCUT2D eigenvalue weighted by Gasteiger charge is 2.41. The zero-order valence-corrected chi connectivity index (χ0v) is 13.8. The van der Waals surface area contributed by atoms with E-state index in [0.29, 0.717) is 10.8 Å². The second-order valence-electron chi connectivity index (χ2n) is 8.63. The van der Waals surface area contributed by atoms with E-state index in [-0.39, 0.29) is 0 Å². The molecule has 2 heteroatoms. The van der Waals surface area contributed by atoms with Crippen molar-refractivity contribution in [2.45, 2.75) is 65.8 Å². The molecule has 2 nitrogen and oxygen atoms in total. The maximum Gasteiger partial charge on any atom is 0.0106 e. The van der Waals surface area contributed by atoms with Crippen molar-refractivity contribution in [2.24, 2.45) is 16.7 Å². The molecule has 0 aromatic heterocycles. The van der Waals surface area contributed by atoms with E-state index in [1.807, 2.05) is 0 Å². The van der Waals surface area contributed by atoms with Gasteiger partial charge < -0.3 is 10.2 Å². The van der Waals surface area contributed by atoms with Gasteiger partial charge in [-0.3, -0.25) is 0 Å². The molecular formula is C17H34N2. The minimum absolute atomic E-state index is 0.516. The predicted octanol–water partition coefficient (Wildman–Crippen LogP) is 3.52. The number of hydrogen-bond donors (Lipinski definition) is 1. The third kappa shape index (κ3) is 4.19. The number of nitrogens with one attached hydrogen (secondary N) is 1. The monoisotopic (exact) mass is 266 g/mol. The van der Waals surface area contributed by atoms with Gasteiger partial charge in [0.2, 0.25) is 0 Å². The molecule has 1 heterocycles. The Labute approximate surface area is 120 Å². The predicted molar refractivity (Wildman–Crippen MR) is 83.4 cm³/mol. The zero-order chi connectivity index (χ0) is 14.1. The van der Waals surface area contributed by atoms with Crippen molar-refractivity contribution < 1.29 is 0 Å². The molecule has 1 saturated heterocycles. The number of rotatable bonds is 3. The largest absolute Gasteiger partial charge is 0.319 e. The second kappa shape index (κ2) is 5.73. The zero-order valence-electron chi connectivity index (χ0n) is 13.8. The molecule has 1 aliphatic carbocycles. The molecule has 2 fully saturated rings. The Bertz CT molecular complexity index is 278. The minimum Gasteiger partial charge on any atom is -0.319 e. The van der Waals surface area contributed by atoms with Gasteiger partial charge in [0.1, 0.15) is 0 Å². The Morgan fingerprint density at radius 2 is 1.74 bits per heavy atom. The molecule has 0 spiro atoms. The Kier molecular flexibility index (Phi) is 4.62. The second-order valence-corrected chi connectivity index (χ2v) is 8.63. The van der Waals surface area contributed by atoms with Crippen molar-refractivity contribution in [1.82, 2.24) is 10.2 Å². The molecule has 1 unspecified atom stereocenters. The highest BCUT2D eigenvalue weighted by Crippen LogP contribution is 2.47. The van der Waals surface area contributed by atoms with Gasteiger partial charge in [0.25, 0.3) is 0 Å². The summed E-state index contributed by atoms with van der Waals surface area (Å²) < 4.78 is 0. The standard InChI is InChI=1S/C17H34N2/c1-16(2)9-15(10-17(3,4)13-16)19-8-6-7-14(12-19)11-18-5/h14-15,18H,6-13H2,1-5H3. The smallest absolute Gasteiger partial charge is 0.0106 e. The summed E-state index contributed by atoms with van der Waals surface area (Å²) in [6.07, 6.45) is 6.97. The van der Waals surface area contributed by atoms with Crippen molar-refractivity contribution in [2.75, 3.05) is 26.7 Å². The van der Waals surface area contributed by atoms with Crippen LogP contribution in [0.1, 0.15) is 59.8 Å². The van der Waals surface area contributed by atoms with Gasteiger partial charge >= 0.3 is 0 Å². The molecule has 1 aliphatic heterocycles. The number of nitrogens with zero attached hydrogens (tertiary/aromatic N) is 1. The van der Waals surface area contributed by atoms with Crippen LogP contribution in [-0.4, -0.2) is 37.6 Å². The maximum atomic E-state index is 3.37. The molecule has 0 aromatic rings. The summed E-state index contributed by atoms with van der Waals surface area (Å²) in [6.45, 7) is 13.7. The fourth-order valence-electron chi connectivity index (χ4n) is 4.93. The van der Waals surface area contributed by atoms with Crippen LogP contribution in [0.5, 0.6) is 0 Å². The third-order valence-electron chi connectivity index (χ3n) is 5.09. The fourth-order valence-corrected chi connectivity index (χ4v) is 4.93. The van der Waals surface area contributed by atoms with Gasteiger partial charge in [0.05, 0.1) is 0 Å². The minimum atomic E-state index is 0.516. The summed E-state index contributed by atoms with van der Waals surface area (Å²) in [6, 6.07) is 0.818. The van der Waals surface area contributed by atoms with Crippen molar-refractivity contribution in [3.05, 3.63) is 0 Å². The molecule has 2 aliphatic rings. The van der Waals surface area contributed by atoms with Crippen molar-refractivity contribution in [1.29, 1.82) is 0 Å². The summed E-state index contributed by atoms with van der Waals surface area (Å²) in [5.41, 5.74) is 1.03. The van der Waals surface area contributed by atoms with Crippen LogP contribution in [0.4, 0.5) is 0 Å². The first-order chi connectivity index (χ1) is 8.81. The number of hydrogen-bond acceptors (Lipinski definition) is 2. The lowest BCUT2D eigenvalue weighted by atomic mass is 9.63. The van der Waals surface area contributed by atoms with Crippen molar-refractivity contribution >= 4 is 0 Å². The van der Waals surface area contributed by atoms with E-state index in [1.54, 1.807) is 0 Å².